The third kappa shape index (κ3) is 7.11. The van der Waals surface area contributed by atoms with Gasteiger partial charge in [-0.05, 0) is 25.5 Å². The molecule has 0 bridgehead atoms. The topological polar surface area (TPSA) is 70.0 Å². The summed E-state index contributed by atoms with van der Waals surface area (Å²) in [4.78, 5) is 12.6. The zero-order chi connectivity index (χ0) is 14.8. The molecular formula is C15H23NO4. The summed E-state index contributed by atoms with van der Waals surface area (Å²) in [5.74, 6) is 0.00870. The number of carboxylic acids is 1. The third-order valence-corrected chi connectivity index (χ3v) is 2.97. The Bertz CT molecular complexity index is 391. The predicted molar refractivity (Wildman–Crippen MR) is 77.1 cm³/mol. The van der Waals surface area contributed by atoms with Crippen molar-refractivity contribution in [2.24, 2.45) is 0 Å². The van der Waals surface area contributed by atoms with Gasteiger partial charge >= 0.3 is 5.97 Å². The highest BCUT2D eigenvalue weighted by Crippen LogP contribution is 2.11. The molecule has 0 unspecified atom stereocenters. The molecule has 0 amide bonds. The van der Waals surface area contributed by atoms with E-state index in [2.05, 4.69) is 0 Å². The van der Waals surface area contributed by atoms with Crippen molar-refractivity contribution in [2.75, 3.05) is 32.8 Å². The molecule has 1 rings (SSSR count). The molecule has 5 nitrogen and oxygen atoms in total. The Morgan fingerprint density at radius 1 is 1.20 bits per heavy atom. The minimum absolute atomic E-state index is 0.107. The Morgan fingerprint density at radius 3 is 2.50 bits per heavy atom. The first-order valence-electron chi connectivity index (χ1n) is 6.86. The maximum absolute atomic E-state index is 10.6. The number of carbonyl (C=O) groups is 1. The first-order valence-corrected chi connectivity index (χ1v) is 6.86. The Balaban J connectivity index is 2.32. The minimum Gasteiger partial charge on any atom is -0.492 e. The van der Waals surface area contributed by atoms with Crippen LogP contribution in [0.4, 0.5) is 0 Å². The van der Waals surface area contributed by atoms with Gasteiger partial charge in [-0.2, -0.15) is 0 Å². The van der Waals surface area contributed by atoms with Crippen LogP contribution in [-0.4, -0.2) is 53.9 Å². The number of aliphatic hydroxyl groups is 1. The third-order valence-electron chi connectivity index (χ3n) is 2.97. The largest absolute Gasteiger partial charge is 0.492 e. The fraction of sp³-hybridized carbons (Fsp3) is 0.533. The molecule has 0 radical (unpaired) electrons. The number of carboxylic acid groups (broad SMARTS) is 1. The molecule has 20 heavy (non-hydrogen) atoms. The normalized spacial score (nSPS) is 10.8. The Labute approximate surface area is 119 Å². The van der Waals surface area contributed by atoms with Crippen molar-refractivity contribution in [3.05, 3.63) is 29.8 Å². The quantitative estimate of drug-likeness (QED) is 0.680. The van der Waals surface area contributed by atoms with Crippen LogP contribution in [0.5, 0.6) is 5.75 Å². The molecule has 0 spiro atoms. The van der Waals surface area contributed by atoms with E-state index in [1.54, 1.807) is 0 Å². The average molecular weight is 281 g/mol. The van der Waals surface area contributed by atoms with Crippen molar-refractivity contribution < 1.29 is 19.7 Å². The van der Waals surface area contributed by atoms with Gasteiger partial charge in [0.2, 0.25) is 0 Å². The number of aryl methyl sites for hydroxylation is 1. The van der Waals surface area contributed by atoms with Crippen molar-refractivity contribution >= 4 is 5.97 Å². The van der Waals surface area contributed by atoms with Crippen LogP contribution in [0.15, 0.2) is 24.3 Å². The van der Waals surface area contributed by atoms with Crippen LogP contribution in [-0.2, 0) is 4.79 Å². The van der Waals surface area contributed by atoms with E-state index in [1.165, 1.54) is 5.56 Å². The van der Waals surface area contributed by atoms with E-state index >= 15 is 0 Å². The molecule has 0 aromatic heterocycles. The van der Waals surface area contributed by atoms with Gasteiger partial charge in [-0.15, -0.1) is 0 Å². The SMILES string of the molecule is Cc1ccc(OCCN(CCCO)CCC(=O)O)cc1. The molecule has 0 aliphatic heterocycles. The molecule has 0 heterocycles. The highest BCUT2D eigenvalue weighted by Gasteiger charge is 2.07. The van der Waals surface area contributed by atoms with Gasteiger partial charge in [-0.1, -0.05) is 17.7 Å². The number of hydrogen-bond donors (Lipinski definition) is 2. The van der Waals surface area contributed by atoms with Crippen LogP contribution in [0.3, 0.4) is 0 Å². The van der Waals surface area contributed by atoms with Gasteiger partial charge in [-0.25, -0.2) is 0 Å². The van der Waals surface area contributed by atoms with Crippen molar-refractivity contribution in [1.29, 1.82) is 0 Å². The highest BCUT2D eigenvalue weighted by molar-refractivity contribution is 5.66. The summed E-state index contributed by atoms with van der Waals surface area (Å²) < 4.78 is 5.63. The standard InChI is InChI=1S/C15H23NO4/c1-13-3-5-14(6-4-13)20-12-10-16(8-2-11-17)9-7-15(18)19/h3-6,17H,2,7-12H2,1H3,(H,18,19). The molecule has 0 fully saturated rings. The average Bonchev–Trinajstić information content (AvgIpc) is 2.43. The zero-order valence-electron chi connectivity index (χ0n) is 11.9. The lowest BCUT2D eigenvalue weighted by Gasteiger charge is -2.21. The number of rotatable bonds is 10. The van der Waals surface area contributed by atoms with E-state index in [4.69, 9.17) is 14.9 Å². The fourth-order valence-corrected chi connectivity index (χ4v) is 1.81. The molecule has 0 saturated carbocycles. The molecule has 0 aliphatic rings. The lowest BCUT2D eigenvalue weighted by Crippen LogP contribution is -2.32. The molecule has 0 saturated heterocycles. The molecule has 0 atom stereocenters. The molecule has 1 aromatic rings. The lowest BCUT2D eigenvalue weighted by atomic mass is 10.2. The molecule has 2 N–H and O–H groups in total. The van der Waals surface area contributed by atoms with Crippen LogP contribution >= 0.6 is 0 Å². The molecule has 112 valence electrons. The van der Waals surface area contributed by atoms with E-state index in [9.17, 15) is 4.79 Å². The van der Waals surface area contributed by atoms with Gasteiger partial charge in [0.25, 0.3) is 0 Å². The van der Waals surface area contributed by atoms with Gasteiger partial charge < -0.3 is 14.9 Å². The van der Waals surface area contributed by atoms with Gasteiger partial charge in [0.15, 0.2) is 0 Å². The second-order valence-electron chi connectivity index (χ2n) is 4.72. The molecular weight excluding hydrogens is 258 g/mol. The van der Waals surface area contributed by atoms with E-state index in [1.807, 2.05) is 36.1 Å². The van der Waals surface area contributed by atoms with E-state index in [0.717, 1.165) is 5.75 Å². The first-order chi connectivity index (χ1) is 9.61. The molecule has 5 heteroatoms. The van der Waals surface area contributed by atoms with E-state index in [-0.39, 0.29) is 13.0 Å². The monoisotopic (exact) mass is 281 g/mol. The summed E-state index contributed by atoms with van der Waals surface area (Å²) in [6, 6.07) is 7.82. The summed E-state index contributed by atoms with van der Waals surface area (Å²) in [5.41, 5.74) is 1.18. The van der Waals surface area contributed by atoms with Crippen LogP contribution in [0.25, 0.3) is 0 Å². The van der Waals surface area contributed by atoms with Crippen molar-refractivity contribution in [3.8, 4) is 5.75 Å². The van der Waals surface area contributed by atoms with Crippen molar-refractivity contribution in [2.45, 2.75) is 19.8 Å². The summed E-state index contributed by atoms with van der Waals surface area (Å²) in [5, 5.41) is 17.6. The zero-order valence-corrected chi connectivity index (χ0v) is 11.9. The number of ether oxygens (including phenoxy) is 1. The number of benzene rings is 1. The van der Waals surface area contributed by atoms with Gasteiger partial charge in [0.05, 0.1) is 6.42 Å². The Kier molecular flexibility index (Phi) is 7.69. The lowest BCUT2D eigenvalue weighted by molar-refractivity contribution is -0.137. The Morgan fingerprint density at radius 2 is 1.90 bits per heavy atom. The van der Waals surface area contributed by atoms with Gasteiger partial charge in [0, 0.05) is 26.2 Å². The first kappa shape index (κ1) is 16.5. The number of aliphatic hydroxyl groups excluding tert-OH is 1. The second kappa shape index (κ2) is 9.34. The summed E-state index contributed by atoms with van der Waals surface area (Å²) in [6.45, 7) is 4.46. The number of aliphatic carboxylic acids is 1. The van der Waals surface area contributed by atoms with Crippen LogP contribution < -0.4 is 4.74 Å². The molecule has 0 aliphatic carbocycles. The van der Waals surface area contributed by atoms with Crippen molar-refractivity contribution in [1.82, 2.24) is 4.90 Å². The highest BCUT2D eigenvalue weighted by atomic mass is 16.5. The maximum Gasteiger partial charge on any atom is 0.304 e. The van der Waals surface area contributed by atoms with Crippen molar-refractivity contribution in [3.63, 3.8) is 0 Å². The Hall–Kier alpha value is -1.59. The molecule has 1 aromatic carbocycles. The summed E-state index contributed by atoms with van der Waals surface area (Å²) in [6.07, 6.45) is 0.750. The summed E-state index contributed by atoms with van der Waals surface area (Å²) in [7, 11) is 0. The number of hydrogen-bond acceptors (Lipinski definition) is 4. The second-order valence-corrected chi connectivity index (χ2v) is 4.72. The fourth-order valence-electron chi connectivity index (χ4n) is 1.81. The van der Waals surface area contributed by atoms with Crippen LogP contribution in [0.2, 0.25) is 0 Å². The van der Waals surface area contributed by atoms with Gasteiger partial charge in [-0.3, -0.25) is 9.69 Å². The predicted octanol–water partition coefficient (Wildman–Crippen LogP) is 1.53. The summed E-state index contributed by atoms with van der Waals surface area (Å²) >= 11 is 0. The number of nitrogens with zero attached hydrogens (tertiary/aromatic N) is 1. The smallest absolute Gasteiger partial charge is 0.304 e. The minimum atomic E-state index is -0.807. The van der Waals surface area contributed by atoms with E-state index in [0.29, 0.717) is 32.7 Å². The van der Waals surface area contributed by atoms with Gasteiger partial charge in [0.1, 0.15) is 12.4 Å². The van der Waals surface area contributed by atoms with Crippen LogP contribution in [0.1, 0.15) is 18.4 Å². The van der Waals surface area contributed by atoms with E-state index < -0.39 is 5.97 Å². The maximum atomic E-state index is 10.6. The van der Waals surface area contributed by atoms with Crippen LogP contribution in [0, 0.1) is 6.92 Å².